The lowest BCUT2D eigenvalue weighted by Gasteiger charge is -2.40. The number of benzene rings is 1. The first-order valence-corrected chi connectivity index (χ1v) is 15.5. The predicted molar refractivity (Wildman–Crippen MR) is 171 cm³/mol. The van der Waals surface area contributed by atoms with E-state index in [0.29, 0.717) is 54.1 Å². The highest BCUT2D eigenvalue weighted by molar-refractivity contribution is 6.40. The highest BCUT2D eigenvalue weighted by atomic mass is 16.2. The SMILES string of the molecule is C=CC(=O)Nc1cc(N(C(=O)C(=O)NCC2CC2)C2CCC(Nc3ccc(C#N)cn3)CC2)ccc1N1CCN(C)[C@@H](C)C1. The molecule has 1 aromatic heterocycles. The molecule has 5 rings (SSSR count). The lowest BCUT2D eigenvalue weighted by atomic mass is 9.89. The van der Waals surface area contributed by atoms with Gasteiger partial charge < -0.3 is 30.7 Å². The van der Waals surface area contributed by atoms with Gasteiger partial charge in [0.1, 0.15) is 11.9 Å². The molecular formula is C33H42N8O3. The molecule has 1 aromatic carbocycles. The molecule has 232 valence electrons. The van der Waals surface area contributed by atoms with Gasteiger partial charge in [0.2, 0.25) is 5.91 Å². The topological polar surface area (TPSA) is 134 Å². The monoisotopic (exact) mass is 598 g/mol. The number of anilines is 4. The van der Waals surface area contributed by atoms with Gasteiger partial charge in [-0.15, -0.1) is 0 Å². The molecule has 0 bridgehead atoms. The number of amides is 3. The van der Waals surface area contributed by atoms with Crippen LogP contribution in [-0.4, -0.2) is 79.0 Å². The first-order valence-electron chi connectivity index (χ1n) is 15.5. The Labute approximate surface area is 259 Å². The van der Waals surface area contributed by atoms with Crippen molar-refractivity contribution in [2.24, 2.45) is 5.92 Å². The second-order valence-corrected chi connectivity index (χ2v) is 12.2. The maximum atomic E-state index is 13.8. The lowest BCUT2D eigenvalue weighted by Crippen LogP contribution is -2.51. The molecule has 1 saturated heterocycles. The number of rotatable bonds is 9. The molecule has 0 radical (unpaired) electrons. The van der Waals surface area contributed by atoms with Crippen LogP contribution in [0.4, 0.5) is 22.9 Å². The van der Waals surface area contributed by atoms with E-state index in [4.69, 9.17) is 5.26 Å². The molecule has 11 heteroatoms. The number of likely N-dealkylation sites (N-methyl/N-ethyl adjacent to an activating group) is 1. The van der Waals surface area contributed by atoms with Gasteiger partial charge in [-0.2, -0.15) is 5.26 Å². The Kier molecular flexibility index (Phi) is 9.80. The van der Waals surface area contributed by atoms with Gasteiger partial charge in [-0.1, -0.05) is 6.58 Å². The summed E-state index contributed by atoms with van der Waals surface area (Å²) in [4.78, 5) is 50.0. The maximum Gasteiger partial charge on any atom is 0.316 e. The van der Waals surface area contributed by atoms with Crippen molar-refractivity contribution in [3.63, 3.8) is 0 Å². The Morgan fingerprint density at radius 3 is 2.52 bits per heavy atom. The number of hydrogen-bond acceptors (Lipinski definition) is 8. The van der Waals surface area contributed by atoms with E-state index in [-0.39, 0.29) is 18.0 Å². The second kappa shape index (κ2) is 13.9. The molecule has 3 N–H and O–H groups in total. The van der Waals surface area contributed by atoms with E-state index in [1.54, 1.807) is 23.2 Å². The molecule has 0 unspecified atom stereocenters. The molecule has 2 saturated carbocycles. The van der Waals surface area contributed by atoms with Crippen LogP contribution in [0.3, 0.4) is 0 Å². The van der Waals surface area contributed by atoms with Gasteiger partial charge in [0.25, 0.3) is 0 Å². The quantitative estimate of drug-likeness (QED) is 0.295. The molecule has 1 atom stereocenters. The van der Waals surface area contributed by atoms with Crippen LogP contribution in [0, 0.1) is 17.2 Å². The predicted octanol–water partition coefficient (Wildman–Crippen LogP) is 3.50. The van der Waals surface area contributed by atoms with E-state index in [2.05, 4.69) is 57.4 Å². The summed E-state index contributed by atoms with van der Waals surface area (Å²) in [5.74, 6) is -0.376. The summed E-state index contributed by atoms with van der Waals surface area (Å²) in [6, 6.07) is 11.5. The zero-order valence-electron chi connectivity index (χ0n) is 25.6. The first-order chi connectivity index (χ1) is 21.2. The fourth-order valence-electron chi connectivity index (χ4n) is 5.97. The minimum Gasteiger partial charge on any atom is -0.367 e. The lowest BCUT2D eigenvalue weighted by molar-refractivity contribution is -0.138. The molecule has 3 amide bonds. The van der Waals surface area contributed by atoms with Gasteiger partial charge in [-0.3, -0.25) is 14.4 Å². The second-order valence-electron chi connectivity index (χ2n) is 12.2. The normalized spacial score (nSPS) is 21.9. The molecule has 1 aliphatic heterocycles. The van der Waals surface area contributed by atoms with Crippen molar-refractivity contribution in [3.05, 3.63) is 54.7 Å². The van der Waals surface area contributed by atoms with Crippen molar-refractivity contribution in [2.45, 2.75) is 63.6 Å². The van der Waals surface area contributed by atoms with Crippen molar-refractivity contribution < 1.29 is 14.4 Å². The number of hydrogen-bond donors (Lipinski definition) is 3. The summed E-state index contributed by atoms with van der Waals surface area (Å²) in [7, 11) is 2.11. The van der Waals surface area contributed by atoms with Gasteiger partial charge in [0, 0.05) is 56.2 Å². The van der Waals surface area contributed by atoms with Crippen molar-refractivity contribution >= 4 is 40.6 Å². The van der Waals surface area contributed by atoms with Crippen molar-refractivity contribution in [1.82, 2.24) is 15.2 Å². The molecule has 3 aliphatic rings. The van der Waals surface area contributed by atoms with E-state index < -0.39 is 11.8 Å². The first kappa shape index (κ1) is 31.0. The van der Waals surface area contributed by atoms with Crippen LogP contribution in [0.5, 0.6) is 0 Å². The molecule has 2 heterocycles. The Balaban J connectivity index is 1.38. The number of nitrogens with one attached hydrogen (secondary N) is 3. The Morgan fingerprint density at radius 1 is 1.11 bits per heavy atom. The van der Waals surface area contributed by atoms with Crippen molar-refractivity contribution in [3.8, 4) is 6.07 Å². The van der Waals surface area contributed by atoms with Crippen molar-refractivity contribution in [1.29, 1.82) is 5.26 Å². The fraction of sp³-hybridized carbons (Fsp3) is 0.485. The third kappa shape index (κ3) is 7.55. The third-order valence-corrected chi connectivity index (χ3v) is 8.97. The van der Waals surface area contributed by atoms with Gasteiger partial charge in [0.05, 0.1) is 16.9 Å². The average molecular weight is 599 g/mol. The number of pyridine rings is 1. The number of nitriles is 1. The van der Waals surface area contributed by atoms with Crippen LogP contribution in [-0.2, 0) is 14.4 Å². The molecule has 3 fully saturated rings. The number of piperazine rings is 1. The minimum atomic E-state index is -0.604. The van der Waals surface area contributed by atoms with E-state index >= 15 is 0 Å². The molecule has 2 aromatic rings. The number of nitrogens with zero attached hydrogens (tertiary/aromatic N) is 5. The summed E-state index contributed by atoms with van der Waals surface area (Å²) >= 11 is 0. The number of carbonyl (C=O) groups excluding carboxylic acids is 3. The van der Waals surface area contributed by atoms with E-state index in [9.17, 15) is 14.4 Å². The van der Waals surface area contributed by atoms with Crippen LogP contribution >= 0.6 is 0 Å². The van der Waals surface area contributed by atoms with Crippen LogP contribution < -0.4 is 25.8 Å². The van der Waals surface area contributed by atoms with Gasteiger partial charge in [-0.25, -0.2) is 4.98 Å². The molecule has 44 heavy (non-hydrogen) atoms. The Bertz CT molecular complexity index is 1410. The summed E-state index contributed by atoms with van der Waals surface area (Å²) in [5.41, 5.74) is 2.54. The van der Waals surface area contributed by atoms with Crippen molar-refractivity contribution in [2.75, 3.05) is 53.7 Å². The van der Waals surface area contributed by atoms with Crippen LogP contribution in [0.2, 0.25) is 0 Å². The summed E-state index contributed by atoms with van der Waals surface area (Å²) in [6.45, 7) is 8.78. The number of carbonyl (C=O) groups is 3. The largest absolute Gasteiger partial charge is 0.367 e. The fourth-order valence-corrected chi connectivity index (χ4v) is 5.97. The third-order valence-electron chi connectivity index (χ3n) is 8.97. The van der Waals surface area contributed by atoms with Gasteiger partial charge in [-0.05, 0) is 94.8 Å². The summed E-state index contributed by atoms with van der Waals surface area (Å²) in [5, 5.41) is 18.3. The zero-order chi connectivity index (χ0) is 31.2. The van der Waals surface area contributed by atoms with Gasteiger partial charge >= 0.3 is 11.8 Å². The van der Waals surface area contributed by atoms with Crippen LogP contribution in [0.25, 0.3) is 0 Å². The van der Waals surface area contributed by atoms with E-state index in [1.165, 1.54) is 6.08 Å². The molecular weight excluding hydrogens is 556 g/mol. The average Bonchev–Trinajstić information content (AvgIpc) is 3.87. The Hall–Kier alpha value is -4.43. The molecule has 0 spiro atoms. The molecule has 2 aliphatic carbocycles. The van der Waals surface area contributed by atoms with Crippen LogP contribution in [0.1, 0.15) is 51.0 Å². The minimum absolute atomic E-state index is 0.149. The standard InChI is InChI=1S/C33H42N8O3/c1-4-31(42)38-28-17-27(12-13-29(28)40-16-15-39(3)22(2)21-40)41(33(44)32(43)36-19-23-5-6-23)26-10-8-25(9-11-26)37-30-14-7-24(18-34)20-35-30/h4,7,12-14,17,20,22-23,25-26H,1,5-6,8-11,15-16,19,21H2,2-3H3,(H,35,37)(H,36,43)(H,38,42)/t22-,25?,26?/m0/s1. The van der Waals surface area contributed by atoms with Crippen LogP contribution in [0.15, 0.2) is 49.2 Å². The van der Waals surface area contributed by atoms with Gasteiger partial charge in [0.15, 0.2) is 0 Å². The molecule has 11 nitrogen and oxygen atoms in total. The highest BCUT2D eigenvalue weighted by Gasteiger charge is 2.35. The smallest absolute Gasteiger partial charge is 0.316 e. The van der Waals surface area contributed by atoms with E-state index in [0.717, 1.165) is 51.0 Å². The van der Waals surface area contributed by atoms with E-state index in [1.807, 2.05) is 18.2 Å². The Morgan fingerprint density at radius 2 is 1.89 bits per heavy atom. The summed E-state index contributed by atoms with van der Waals surface area (Å²) < 4.78 is 0. The zero-order valence-corrected chi connectivity index (χ0v) is 25.6. The highest BCUT2D eigenvalue weighted by Crippen LogP contribution is 2.36. The number of aromatic nitrogens is 1. The maximum absolute atomic E-state index is 13.8. The summed E-state index contributed by atoms with van der Waals surface area (Å²) in [6.07, 6.45) is 7.83.